The molecule has 30 heavy (non-hydrogen) atoms. The SMILES string of the molecule is CCC(C/C=N\OC)n1cc(-c2ncnc3c2ccn3COCC[Si](C)(C)C)cn1. The topological polar surface area (TPSA) is 79.3 Å². The van der Waals surface area contributed by atoms with Crippen LogP contribution in [0.25, 0.3) is 22.3 Å². The van der Waals surface area contributed by atoms with Crippen molar-refractivity contribution in [1.29, 1.82) is 0 Å². The van der Waals surface area contributed by atoms with Gasteiger partial charge in [-0.1, -0.05) is 31.7 Å². The summed E-state index contributed by atoms with van der Waals surface area (Å²) in [5.74, 6) is 0. The van der Waals surface area contributed by atoms with Crippen LogP contribution in [0.5, 0.6) is 0 Å². The van der Waals surface area contributed by atoms with Gasteiger partial charge in [0, 0.05) is 50.7 Å². The lowest BCUT2D eigenvalue weighted by molar-refractivity contribution is 0.0899. The highest BCUT2D eigenvalue weighted by Crippen LogP contribution is 2.27. The van der Waals surface area contributed by atoms with Crippen LogP contribution in [0.2, 0.25) is 25.7 Å². The van der Waals surface area contributed by atoms with Crippen LogP contribution in [0.1, 0.15) is 25.8 Å². The molecule has 3 heterocycles. The second-order valence-electron chi connectivity index (χ2n) is 8.57. The molecule has 3 aromatic rings. The molecule has 3 rings (SSSR count). The summed E-state index contributed by atoms with van der Waals surface area (Å²) in [6, 6.07) is 3.42. The fraction of sp³-hybridized carbons (Fsp3) is 0.524. The van der Waals surface area contributed by atoms with E-state index in [0.29, 0.717) is 6.73 Å². The van der Waals surface area contributed by atoms with Crippen LogP contribution in [0.4, 0.5) is 0 Å². The number of fused-ring (bicyclic) bond motifs is 1. The summed E-state index contributed by atoms with van der Waals surface area (Å²) < 4.78 is 9.91. The molecule has 0 saturated heterocycles. The van der Waals surface area contributed by atoms with Gasteiger partial charge in [-0.3, -0.25) is 4.68 Å². The van der Waals surface area contributed by atoms with E-state index >= 15 is 0 Å². The van der Waals surface area contributed by atoms with Gasteiger partial charge in [0.25, 0.3) is 0 Å². The molecule has 0 amide bonds. The first-order valence-electron chi connectivity index (χ1n) is 10.4. The van der Waals surface area contributed by atoms with Crippen molar-refractivity contribution in [2.24, 2.45) is 5.16 Å². The van der Waals surface area contributed by atoms with Crippen LogP contribution >= 0.6 is 0 Å². The fourth-order valence-electron chi connectivity index (χ4n) is 3.24. The third-order valence-corrected chi connectivity index (χ3v) is 6.76. The summed E-state index contributed by atoms with van der Waals surface area (Å²) in [5.41, 5.74) is 2.73. The number of hydrogen-bond acceptors (Lipinski definition) is 6. The molecule has 3 aromatic heterocycles. The highest BCUT2D eigenvalue weighted by Gasteiger charge is 2.15. The molecular weight excluding hydrogens is 396 g/mol. The number of aromatic nitrogens is 5. The third kappa shape index (κ3) is 5.54. The van der Waals surface area contributed by atoms with Gasteiger partial charge in [0.15, 0.2) is 0 Å². The molecule has 0 aliphatic carbocycles. The molecule has 1 atom stereocenters. The summed E-state index contributed by atoms with van der Waals surface area (Å²) in [4.78, 5) is 13.8. The van der Waals surface area contributed by atoms with E-state index in [1.54, 1.807) is 19.7 Å². The zero-order valence-electron chi connectivity index (χ0n) is 18.6. The average Bonchev–Trinajstić information content (AvgIpc) is 3.35. The summed E-state index contributed by atoms with van der Waals surface area (Å²) in [6.07, 6.45) is 11.0. The van der Waals surface area contributed by atoms with Gasteiger partial charge in [-0.2, -0.15) is 5.10 Å². The van der Waals surface area contributed by atoms with Crippen molar-refractivity contribution in [1.82, 2.24) is 24.3 Å². The second-order valence-corrected chi connectivity index (χ2v) is 14.2. The van der Waals surface area contributed by atoms with Crippen molar-refractivity contribution in [2.45, 2.75) is 58.2 Å². The van der Waals surface area contributed by atoms with Gasteiger partial charge in [-0.05, 0) is 18.5 Å². The lowest BCUT2D eigenvalue weighted by Crippen LogP contribution is -2.22. The highest BCUT2D eigenvalue weighted by atomic mass is 28.3. The van der Waals surface area contributed by atoms with E-state index in [0.717, 1.165) is 47.8 Å². The smallest absolute Gasteiger partial charge is 0.145 e. The first-order chi connectivity index (χ1) is 14.4. The number of hydrogen-bond donors (Lipinski definition) is 0. The van der Waals surface area contributed by atoms with Gasteiger partial charge in [0.1, 0.15) is 25.8 Å². The molecule has 0 bridgehead atoms. The molecule has 0 spiro atoms. The predicted molar refractivity (Wildman–Crippen MR) is 122 cm³/mol. The van der Waals surface area contributed by atoms with E-state index in [4.69, 9.17) is 9.57 Å². The maximum absolute atomic E-state index is 5.90. The van der Waals surface area contributed by atoms with Gasteiger partial charge >= 0.3 is 0 Å². The molecule has 9 heteroatoms. The zero-order chi connectivity index (χ0) is 21.6. The minimum absolute atomic E-state index is 0.222. The average molecular weight is 429 g/mol. The van der Waals surface area contributed by atoms with Gasteiger partial charge in [-0.15, -0.1) is 0 Å². The molecule has 0 aliphatic heterocycles. The van der Waals surface area contributed by atoms with Crippen LogP contribution in [-0.4, -0.2) is 52.3 Å². The monoisotopic (exact) mass is 428 g/mol. The zero-order valence-corrected chi connectivity index (χ0v) is 19.6. The lowest BCUT2D eigenvalue weighted by Gasteiger charge is -2.15. The molecular formula is C21H32N6O2Si. The molecule has 0 aliphatic rings. The van der Waals surface area contributed by atoms with Crippen molar-refractivity contribution in [3.63, 3.8) is 0 Å². The molecule has 0 radical (unpaired) electrons. The van der Waals surface area contributed by atoms with Gasteiger partial charge in [0.05, 0.1) is 17.9 Å². The van der Waals surface area contributed by atoms with Crippen molar-refractivity contribution in [2.75, 3.05) is 13.7 Å². The summed E-state index contributed by atoms with van der Waals surface area (Å²) in [7, 11) is 0.457. The first-order valence-corrected chi connectivity index (χ1v) is 14.1. The Morgan fingerprint density at radius 3 is 2.83 bits per heavy atom. The Morgan fingerprint density at radius 2 is 2.10 bits per heavy atom. The minimum Gasteiger partial charge on any atom is -0.399 e. The number of rotatable bonds is 11. The van der Waals surface area contributed by atoms with E-state index in [1.165, 1.54) is 0 Å². The third-order valence-electron chi connectivity index (χ3n) is 5.06. The molecule has 1 unspecified atom stereocenters. The Kier molecular flexibility index (Phi) is 7.38. The highest BCUT2D eigenvalue weighted by molar-refractivity contribution is 6.76. The van der Waals surface area contributed by atoms with E-state index in [-0.39, 0.29) is 6.04 Å². The Balaban J connectivity index is 1.76. The number of nitrogens with zero attached hydrogens (tertiary/aromatic N) is 6. The standard InChI is InChI=1S/C21H32N6O2Si/c1-6-18(7-9-25-28-2)27-14-17(13-24-27)20-19-8-10-26(21(19)23-15-22-20)16-29-11-12-30(3,4)5/h8-10,13-15,18H,6-7,11-12,16H2,1-5H3/b25-9-. The quantitative estimate of drug-likeness (QED) is 0.193. The molecule has 0 aromatic carbocycles. The van der Waals surface area contributed by atoms with Gasteiger partial charge in [0.2, 0.25) is 0 Å². The molecule has 8 nitrogen and oxygen atoms in total. The predicted octanol–water partition coefficient (Wildman–Crippen LogP) is 4.58. The number of oxime groups is 1. The van der Waals surface area contributed by atoms with Crippen molar-refractivity contribution in [3.05, 3.63) is 31.0 Å². The number of ether oxygens (including phenoxy) is 1. The Morgan fingerprint density at radius 1 is 1.27 bits per heavy atom. The summed E-state index contributed by atoms with van der Waals surface area (Å²) in [5, 5.41) is 9.40. The molecule has 0 fully saturated rings. The maximum atomic E-state index is 5.90. The molecule has 0 saturated carbocycles. The van der Waals surface area contributed by atoms with Crippen LogP contribution in [0.3, 0.4) is 0 Å². The van der Waals surface area contributed by atoms with Crippen LogP contribution in [0, 0.1) is 0 Å². The van der Waals surface area contributed by atoms with Crippen molar-refractivity contribution in [3.8, 4) is 11.3 Å². The van der Waals surface area contributed by atoms with Crippen LogP contribution < -0.4 is 0 Å². The van der Waals surface area contributed by atoms with Crippen molar-refractivity contribution < 1.29 is 9.57 Å². The molecule has 162 valence electrons. The van der Waals surface area contributed by atoms with Crippen LogP contribution in [-0.2, 0) is 16.3 Å². The largest absolute Gasteiger partial charge is 0.399 e. The summed E-state index contributed by atoms with van der Waals surface area (Å²) >= 11 is 0. The Bertz CT molecular complexity index is 975. The fourth-order valence-corrected chi connectivity index (χ4v) is 4.00. The normalized spacial score (nSPS) is 13.4. The minimum atomic E-state index is -1.09. The van der Waals surface area contributed by atoms with E-state index in [2.05, 4.69) is 46.8 Å². The Labute approximate surface area is 178 Å². The molecule has 0 N–H and O–H groups in total. The van der Waals surface area contributed by atoms with Gasteiger partial charge < -0.3 is 14.1 Å². The van der Waals surface area contributed by atoms with E-state index < -0.39 is 8.07 Å². The van der Waals surface area contributed by atoms with E-state index in [1.807, 2.05) is 33.9 Å². The summed E-state index contributed by atoms with van der Waals surface area (Å²) in [6.45, 7) is 10.5. The second kappa shape index (κ2) is 9.99. The van der Waals surface area contributed by atoms with Gasteiger partial charge in [-0.25, -0.2) is 9.97 Å². The van der Waals surface area contributed by atoms with E-state index in [9.17, 15) is 0 Å². The first kappa shape index (κ1) is 22.2. The Hall–Kier alpha value is -2.52. The van der Waals surface area contributed by atoms with Crippen LogP contribution in [0.15, 0.2) is 36.1 Å². The maximum Gasteiger partial charge on any atom is 0.145 e. The van der Waals surface area contributed by atoms with Crippen molar-refractivity contribution >= 4 is 25.3 Å². The lowest BCUT2D eigenvalue weighted by atomic mass is 10.1.